The summed E-state index contributed by atoms with van der Waals surface area (Å²) >= 11 is 0. The maximum absolute atomic E-state index is 13.2. The number of carbonyl (C=O) groups is 2. The molecule has 0 amide bonds. The van der Waals surface area contributed by atoms with E-state index in [2.05, 4.69) is 0 Å². The maximum atomic E-state index is 13.2. The average molecular weight is 699 g/mol. The molecule has 0 saturated heterocycles. The fourth-order valence-electron chi connectivity index (χ4n) is 4.75. The quantitative estimate of drug-likeness (QED) is 0.0437. The van der Waals surface area contributed by atoms with Crippen molar-refractivity contribution in [1.29, 1.82) is 0 Å². The van der Waals surface area contributed by atoms with Crippen LogP contribution >= 0.6 is 0 Å². The Morgan fingerprint density at radius 1 is 0.354 bits per heavy atom. The van der Waals surface area contributed by atoms with Crippen molar-refractivity contribution in [3.63, 3.8) is 0 Å². The van der Waals surface area contributed by atoms with Crippen molar-refractivity contribution in [2.75, 3.05) is 66.1 Å². The Balaban J connectivity index is 5.57. The van der Waals surface area contributed by atoms with Gasteiger partial charge < -0.3 is 56.8 Å². The minimum Gasteiger partial charge on any atom is -0.401 e. The number of unbranched alkanes of at least 4 members (excludes halogenated alkanes) is 3. The summed E-state index contributed by atoms with van der Waals surface area (Å²) in [4.78, 5) is 26.3. The van der Waals surface area contributed by atoms with E-state index in [1.807, 2.05) is 13.8 Å². The topological polar surface area (TPSA) is 145 Å². The molecule has 14 heteroatoms. The lowest BCUT2D eigenvalue weighted by molar-refractivity contribution is -0.549. The molecule has 2 atom stereocenters. The predicted molar refractivity (Wildman–Crippen MR) is 176 cm³/mol. The summed E-state index contributed by atoms with van der Waals surface area (Å²) in [7, 11) is 0. The van der Waals surface area contributed by atoms with Crippen LogP contribution in [-0.2, 0) is 66.4 Å². The third-order valence-corrected chi connectivity index (χ3v) is 6.43. The second-order valence-corrected chi connectivity index (χ2v) is 10.2. The molecule has 0 fully saturated rings. The van der Waals surface area contributed by atoms with Gasteiger partial charge in [-0.2, -0.15) is 0 Å². The monoisotopic (exact) mass is 698 g/mol. The summed E-state index contributed by atoms with van der Waals surface area (Å²) in [5.41, 5.74) is 0. The van der Waals surface area contributed by atoms with Gasteiger partial charge in [0.1, 0.15) is 0 Å². The molecule has 0 aliphatic heterocycles. The Morgan fingerprint density at radius 2 is 0.604 bits per heavy atom. The molecule has 0 saturated carbocycles. The van der Waals surface area contributed by atoms with Crippen LogP contribution in [0.15, 0.2) is 0 Å². The van der Waals surface area contributed by atoms with Gasteiger partial charge in [0, 0.05) is 52.5 Å². The van der Waals surface area contributed by atoms with Gasteiger partial charge in [0.2, 0.25) is 0 Å². The molecular weight excluding hydrogens is 632 g/mol. The van der Waals surface area contributed by atoms with E-state index in [1.165, 1.54) is 0 Å². The van der Waals surface area contributed by atoms with Crippen molar-refractivity contribution in [2.45, 2.75) is 144 Å². The highest BCUT2D eigenvalue weighted by Crippen LogP contribution is 2.38. The lowest BCUT2D eigenvalue weighted by Crippen LogP contribution is -2.65. The van der Waals surface area contributed by atoms with Crippen LogP contribution in [0.3, 0.4) is 0 Å². The van der Waals surface area contributed by atoms with E-state index in [0.717, 1.165) is 0 Å². The van der Waals surface area contributed by atoms with E-state index in [1.54, 1.807) is 55.4 Å². The molecule has 0 aromatic heterocycles. The number of ether oxygens (including phenoxy) is 12. The molecule has 2 unspecified atom stereocenters. The summed E-state index contributed by atoms with van der Waals surface area (Å²) in [6, 6.07) is 0. The summed E-state index contributed by atoms with van der Waals surface area (Å²) < 4.78 is 70.8. The van der Waals surface area contributed by atoms with Gasteiger partial charge in [-0.3, -0.25) is 9.59 Å². The van der Waals surface area contributed by atoms with Crippen LogP contribution in [0.5, 0.6) is 0 Å². The van der Waals surface area contributed by atoms with Crippen LogP contribution in [0.1, 0.15) is 121 Å². The number of esters is 2. The molecule has 0 heterocycles. The molecule has 0 rings (SSSR count). The fourth-order valence-corrected chi connectivity index (χ4v) is 4.75. The third kappa shape index (κ3) is 14.0. The van der Waals surface area contributed by atoms with Gasteiger partial charge >= 0.3 is 35.8 Å². The van der Waals surface area contributed by atoms with E-state index >= 15 is 0 Å². The molecule has 0 aromatic carbocycles. The molecule has 286 valence electrons. The van der Waals surface area contributed by atoms with Crippen molar-refractivity contribution in [2.24, 2.45) is 0 Å². The number of carbonyl (C=O) groups excluding carboxylic acids is 2. The molecular formula is C34H66O14. The lowest BCUT2D eigenvalue weighted by atomic mass is 10.1. The molecule has 14 nitrogen and oxygen atoms in total. The molecule has 0 aliphatic rings. The van der Waals surface area contributed by atoms with Crippen LogP contribution in [0.25, 0.3) is 0 Å². The number of rotatable bonds is 33. The Bertz CT molecular complexity index is 728. The molecule has 0 aromatic rings. The summed E-state index contributed by atoms with van der Waals surface area (Å²) in [5.74, 6) is -9.14. The van der Waals surface area contributed by atoms with Crippen molar-refractivity contribution < 1.29 is 66.4 Å². The number of hydrogen-bond acceptors (Lipinski definition) is 14. The smallest absolute Gasteiger partial charge is 0.401 e. The van der Waals surface area contributed by atoms with E-state index in [4.69, 9.17) is 56.8 Å². The zero-order chi connectivity index (χ0) is 36.4. The standard InChI is InChI=1S/C34H66O14/c1-11-27-45-33(43-19-9,31(37-13-3,38-14-4)39-15-5)47-29(35)25-23-21-22-24-26-30(36)48-34(44-20-10,46-28-12-2)32(40-16-6,41-17-7)42-18-8/h11-28H2,1-10H3. The van der Waals surface area contributed by atoms with Gasteiger partial charge in [0.15, 0.2) is 0 Å². The van der Waals surface area contributed by atoms with E-state index < -0.39 is 35.8 Å². The van der Waals surface area contributed by atoms with Crippen LogP contribution in [0.2, 0.25) is 0 Å². The zero-order valence-corrected chi connectivity index (χ0v) is 31.4. The van der Waals surface area contributed by atoms with E-state index in [0.29, 0.717) is 38.5 Å². The van der Waals surface area contributed by atoms with Crippen molar-refractivity contribution in [3.8, 4) is 0 Å². The molecule has 0 radical (unpaired) electrons. The van der Waals surface area contributed by atoms with Crippen LogP contribution in [0.4, 0.5) is 0 Å². The Kier molecular flexibility index (Phi) is 25.6. The van der Waals surface area contributed by atoms with Crippen molar-refractivity contribution >= 4 is 11.9 Å². The first kappa shape index (κ1) is 46.5. The second kappa shape index (κ2) is 26.4. The van der Waals surface area contributed by atoms with Crippen LogP contribution in [-0.4, -0.2) is 102 Å². The van der Waals surface area contributed by atoms with Gasteiger partial charge in [-0.1, -0.05) is 26.7 Å². The first-order valence-electron chi connectivity index (χ1n) is 17.9. The minimum absolute atomic E-state index is 0.0626. The van der Waals surface area contributed by atoms with Crippen molar-refractivity contribution in [3.05, 3.63) is 0 Å². The Morgan fingerprint density at radius 3 is 0.833 bits per heavy atom. The Hall–Kier alpha value is -1.46. The average Bonchev–Trinajstić information content (AvgIpc) is 3.04. The van der Waals surface area contributed by atoms with Gasteiger partial charge in [-0.15, -0.1) is 0 Å². The molecule has 0 spiro atoms. The van der Waals surface area contributed by atoms with Gasteiger partial charge in [0.25, 0.3) is 0 Å². The Labute approximate surface area is 288 Å². The summed E-state index contributed by atoms with van der Waals surface area (Å²) in [5, 5.41) is 0. The first-order valence-corrected chi connectivity index (χ1v) is 17.9. The predicted octanol–water partition coefficient (Wildman–Crippen LogP) is 6.17. The first-order chi connectivity index (χ1) is 23.1. The second-order valence-electron chi connectivity index (χ2n) is 10.2. The minimum atomic E-state index is -2.08. The van der Waals surface area contributed by atoms with Gasteiger partial charge in [0.05, 0.1) is 26.4 Å². The summed E-state index contributed by atoms with van der Waals surface area (Å²) in [6.07, 6.45) is 3.61. The molecule has 0 aliphatic carbocycles. The maximum Gasteiger partial charge on any atom is 0.416 e. The number of hydrogen-bond donors (Lipinski definition) is 0. The fraction of sp³-hybridized carbons (Fsp3) is 0.941. The van der Waals surface area contributed by atoms with Crippen LogP contribution in [0, 0.1) is 0 Å². The lowest BCUT2D eigenvalue weighted by Gasteiger charge is -2.44. The van der Waals surface area contributed by atoms with Crippen LogP contribution < -0.4 is 0 Å². The summed E-state index contributed by atoms with van der Waals surface area (Å²) in [6.45, 7) is 19.7. The van der Waals surface area contributed by atoms with E-state index in [9.17, 15) is 9.59 Å². The normalized spacial score (nSPS) is 14.8. The molecule has 48 heavy (non-hydrogen) atoms. The van der Waals surface area contributed by atoms with Gasteiger partial charge in [-0.05, 0) is 81.1 Å². The van der Waals surface area contributed by atoms with Gasteiger partial charge in [-0.25, -0.2) is 0 Å². The van der Waals surface area contributed by atoms with E-state index in [-0.39, 0.29) is 78.9 Å². The molecule has 0 N–H and O–H groups in total. The van der Waals surface area contributed by atoms with Crippen molar-refractivity contribution in [1.82, 2.24) is 0 Å². The SMILES string of the molecule is CCCOC(OCC)(OC(=O)CCCCCCC(=O)OC(OCC)(OCCC)C(OCC)(OCC)OCC)C(OCC)(OCC)OCC. The highest BCUT2D eigenvalue weighted by atomic mass is 17.0. The third-order valence-electron chi connectivity index (χ3n) is 6.43. The molecule has 0 bridgehead atoms. The largest absolute Gasteiger partial charge is 0.416 e. The zero-order valence-electron chi connectivity index (χ0n) is 31.4. The highest BCUT2D eigenvalue weighted by Gasteiger charge is 2.64. The highest BCUT2D eigenvalue weighted by molar-refractivity contribution is 5.70.